The third kappa shape index (κ3) is 4.83. The normalized spacial score (nSPS) is 26.5. The molecule has 4 aliphatic rings. The van der Waals surface area contributed by atoms with Crippen molar-refractivity contribution in [2.75, 3.05) is 0 Å². The molecule has 0 saturated heterocycles. The summed E-state index contributed by atoms with van der Waals surface area (Å²) < 4.78 is 7.18. The van der Waals surface area contributed by atoms with Crippen molar-refractivity contribution in [2.45, 2.75) is 106 Å². The first-order chi connectivity index (χ1) is 18.9. The van der Waals surface area contributed by atoms with E-state index in [1.54, 1.807) is 0 Å². The molecule has 3 aromatic rings. The fourth-order valence-electron chi connectivity index (χ4n) is 8.02. The molecule has 4 fully saturated rings. The Labute approximate surface area is 243 Å². The Morgan fingerprint density at radius 3 is 1.38 bits per heavy atom. The molecular weight excluding hydrogens is 508 g/mol. The molecule has 0 spiro atoms. The van der Waals surface area contributed by atoms with Crippen LogP contribution in [-0.2, 0) is 19.8 Å². The summed E-state index contributed by atoms with van der Waals surface area (Å²) in [5.41, 5.74) is 2.35. The van der Waals surface area contributed by atoms with Gasteiger partial charge in [0.05, 0.1) is 5.41 Å². The molecule has 4 aliphatic carbocycles. The summed E-state index contributed by atoms with van der Waals surface area (Å²) in [6, 6.07) is 28.4. The van der Waals surface area contributed by atoms with Crippen LogP contribution in [0.1, 0.15) is 91.2 Å². The van der Waals surface area contributed by atoms with E-state index in [0.717, 1.165) is 33.9 Å². The first-order valence-corrected chi connectivity index (χ1v) is 16.8. The van der Waals surface area contributed by atoms with Gasteiger partial charge in [0.1, 0.15) is 0 Å². The van der Waals surface area contributed by atoms with Crippen molar-refractivity contribution >= 4 is 16.3 Å². The first-order valence-electron chi connectivity index (χ1n) is 15.2. The van der Waals surface area contributed by atoms with Gasteiger partial charge in [0.25, 0.3) is 0 Å². The van der Waals surface area contributed by atoms with Crippen LogP contribution in [0, 0.1) is 23.2 Å². The molecule has 4 bridgehead atoms. The van der Waals surface area contributed by atoms with E-state index in [1.165, 1.54) is 30.4 Å². The van der Waals surface area contributed by atoms with E-state index in [-0.39, 0.29) is 22.2 Å². The Balaban J connectivity index is 1.51. The van der Waals surface area contributed by atoms with E-state index in [9.17, 15) is 4.79 Å². The number of rotatable bonds is 5. The molecule has 0 aliphatic heterocycles. The van der Waals surface area contributed by atoms with Gasteiger partial charge in [-0.05, 0) is 125 Å². The molecule has 3 aromatic carbocycles. The highest BCUT2D eigenvalue weighted by atomic mass is 32.3. The van der Waals surface area contributed by atoms with E-state index >= 15 is 0 Å². The molecule has 0 amide bonds. The zero-order valence-corrected chi connectivity index (χ0v) is 26.0. The largest absolute Gasteiger partial charge is 0.402 e. The summed E-state index contributed by atoms with van der Waals surface area (Å²) in [6.07, 6.45) is 6.96. The Morgan fingerprint density at radius 2 is 1.00 bits per heavy atom. The van der Waals surface area contributed by atoms with Crippen molar-refractivity contribution in [1.82, 2.24) is 0 Å². The number of benzene rings is 3. The van der Waals surface area contributed by atoms with Crippen LogP contribution in [0.5, 0.6) is 0 Å². The monoisotopic (exact) mass is 554 g/mol. The quantitative estimate of drug-likeness (QED) is 0.314. The summed E-state index contributed by atoms with van der Waals surface area (Å²) in [5, 5.41) is 0. The summed E-state index contributed by atoms with van der Waals surface area (Å²) in [6.45, 7) is 13.5. The van der Waals surface area contributed by atoms with Crippen molar-refractivity contribution in [3.05, 3.63) is 90.0 Å². The minimum Gasteiger partial charge on any atom is -0.402 e. The fraction of sp³-hybridized carbons (Fsp3) is 0.486. The fourth-order valence-corrected chi connectivity index (χ4v) is 11.1. The molecule has 0 N–H and O–H groups in total. The molecule has 0 radical (unpaired) electrons. The van der Waals surface area contributed by atoms with Crippen molar-refractivity contribution in [2.24, 2.45) is 23.2 Å². The second-order valence-electron chi connectivity index (χ2n) is 15.0. The minimum atomic E-state index is -2.30. The number of hydrogen-bond acceptors (Lipinski definition) is 2. The van der Waals surface area contributed by atoms with Gasteiger partial charge in [-0.15, -0.1) is 0 Å². The van der Waals surface area contributed by atoms with Crippen LogP contribution < -0.4 is 0 Å². The Bertz CT molecular complexity index is 1260. The smallest absolute Gasteiger partial charge is 0.323 e. The summed E-state index contributed by atoms with van der Waals surface area (Å²) in [7, 11) is -2.30. The molecule has 4 saturated carbocycles. The van der Waals surface area contributed by atoms with Gasteiger partial charge in [-0.3, -0.25) is 4.79 Å². The lowest BCUT2D eigenvalue weighted by Crippen LogP contribution is -2.50. The van der Waals surface area contributed by atoms with Gasteiger partial charge in [-0.25, -0.2) is 0 Å². The van der Waals surface area contributed by atoms with Crippen molar-refractivity contribution in [3.63, 3.8) is 0 Å². The maximum atomic E-state index is 14.7. The van der Waals surface area contributed by atoms with Crippen LogP contribution in [-0.4, -0.2) is 5.97 Å². The van der Waals surface area contributed by atoms with Crippen molar-refractivity contribution in [1.29, 1.82) is 0 Å². The second-order valence-corrected chi connectivity index (χ2v) is 17.7. The lowest BCUT2D eigenvalue weighted by Gasteiger charge is -2.56. The molecule has 0 heterocycles. The molecular formula is C37H46O2S. The van der Waals surface area contributed by atoms with Crippen LogP contribution in [0.4, 0.5) is 0 Å². The van der Waals surface area contributed by atoms with Crippen LogP contribution in [0.25, 0.3) is 0 Å². The first kappa shape index (κ1) is 27.6. The van der Waals surface area contributed by atoms with Gasteiger partial charge in [0.15, 0.2) is 0 Å². The summed E-state index contributed by atoms with van der Waals surface area (Å²) in [5.74, 6) is 2.12. The van der Waals surface area contributed by atoms with Gasteiger partial charge in [0, 0.05) is 14.7 Å². The average molecular weight is 555 g/mol. The van der Waals surface area contributed by atoms with Gasteiger partial charge in [-0.2, -0.15) is 0 Å². The van der Waals surface area contributed by atoms with E-state index in [4.69, 9.17) is 4.18 Å². The average Bonchev–Trinajstić information content (AvgIpc) is 2.90. The molecule has 0 atom stereocenters. The highest BCUT2D eigenvalue weighted by molar-refractivity contribution is 8.30. The highest BCUT2D eigenvalue weighted by Crippen LogP contribution is 2.71. The summed E-state index contributed by atoms with van der Waals surface area (Å²) in [4.78, 5) is 17.9. The Kier molecular flexibility index (Phi) is 6.77. The molecule has 0 aromatic heterocycles. The van der Waals surface area contributed by atoms with Crippen molar-refractivity contribution in [3.8, 4) is 0 Å². The van der Waals surface area contributed by atoms with Gasteiger partial charge < -0.3 is 4.18 Å². The minimum absolute atomic E-state index is 0.0465. The zero-order valence-electron chi connectivity index (χ0n) is 25.2. The van der Waals surface area contributed by atoms with Crippen LogP contribution in [0.3, 0.4) is 0 Å². The SMILES string of the molecule is CC(C)(C)c1ccc(S(OC(=O)C23CC4CC(CC(C4)C2)C3)(c2ccccc2)c2ccc(C(C)(C)C)cc2)cc1. The second kappa shape index (κ2) is 9.79. The Hall–Kier alpha value is -2.52. The van der Waals surface area contributed by atoms with Gasteiger partial charge in [0.2, 0.25) is 0 Å². The lowest BCUT2D eigenvalue weighted by molar-refractivity contribution is -0.160. The van der Waals surface area contributed by atoms with Gasteiger partial charge >= 0.3 is 5.97 Å². The predicted octanol–water partition coefficient (Wildman–Crippen LogP) is 10.2. The van der Waals surface area contributed by atoms with E-state index in [2.05, 4.69) is 120 Å². The number of carbonyl (C=O) groups is 1. The molecule has 212 valence electrons. The maximum Gasteiger partial charge on any atom is 0.323 e. The Morgan fingerprint density at radius 1 is 0.625 bits per heavy atom. The van der Waals surface area contributed by atoms with Crippen LogP contribution in [0.2, 0.25) is 0 Å². The molecule has 3 heteroatoms. The third-order valence-corrected chi connectivity index (χ3v) is 13.1. The topological polar surface area (TPSA) is 26.3 Å². The summed E-state index contributed by atoms with van der Waals surface area (Å²) >= 11 is 0. The lowest BCUT2D eigenvalue weighted by atomic mass is 9.49. The van der Waals surface area contributed by atoms with Gasteiger partial charge in [-0.1, -0.05) is 84.0 Å². The van der Waals surface area contributed by atoms with Crippen molar-refractivity contribution < 1.29 is 8.98 Å². The zero-order chi connectivity index (χ0) is 28.3. The third-order valence-electron chi connectivity index (χ3n) is 9.85. The highest BCUT2D eigenvalue weighted by Gasteiger charge is 2.57. The van der Waals surface area contributed by atoms with E-state index in [1.807, 2.05) is 0 Å². The molecule has 40 heavy (non-hydrogen) atoms. The van der Waals surface area contributed by atoms with E-state index in [0.29, 0.717) is 17.8 Å². The predicted molar refractivity (Wildman–Crippen MR) is 166 cm³/mol. The maximum absolute atomic E-state index is 14.7. The number of carbonyl (C=O) groups excluding carboxylic acids is 1. The standard InChI is InChI=1S/C37H46O2S/c1-35(2,3)29-12-16-32(17-13-29)40(31-10-8-7-9-11-31,33-18-14-30(15-19-33)36(4,5)6)39-34(38)37-23-26-20-27(24-37)22-28(21-26)25-37/h7-19,26-28H,20-25H2,1-6H3. The molecule has 0 unspecified atom stereocenters. The molecule has 2 nitrogen and oxygen atoms in total. The van der Waals surface area contributed by atoms with E-state index < -0.39 is 10.3 Å². The van der Waals surface area contributed by atoms with Crippen LogP contribution in [0.15, 0.2) is 93.5 Å². The number of hydrogen-bond donors (Lipinski definition) is 0. The van der Waals surface area contributed by atoms with Crippen LogP contribution >= 0.6 is 10.3 Å². The molecule has 7 rings (SSSR count).